The summed E-state index contributed by atoms with van der Waals surface area (Å²) in [5.41, 5.74) is -1.40. The number of allylic oxidation sites excluding steroid dienone is 1. The van der Waals surface area contributed by atoms with Crippen molar-refractivity contribution < 1.29 is 38.5 Å². The lowest BCUT2D eigenvalue weighted by Crippen LogP contribution is -2.59. The predicted molar refractivity (Wildman–Crippen MR) is 168 cm³/mol. The maximum Gasteiger partial charge on any atom is 0.313 e. The molecule has 2 N–H and O–H groups in total. The number of carbonyl (C=O) groups is 4. The number of fused-ring (bicyclic) bond motifs is 2. The average Bonchev–Trinajstić information content (AvgIpc) is 3.58. The van der Waals surface area contributed by atoms with Crippen molar-refractivity contribution in [2.24, 2.45) is 11.8 Å². The van der Waals surface area contributed by atoms with Crippen LogP contribution >= 0.6 is 15.9 Å². The zero-order valence-electron chi connectivity index (χ0n) is 26.1. The van der Waals surface area contributed by atoms with E-state index in [2.05, 4.69) is 21.2 Å². The van der Waals surface area contributed by atoms with E-state index in [1.165, 1.54) is 12.0 Å². The first-order valence-electron chi connectivity index (χ1n) is 15.4. The number of aliphatic hydroxyl groups excluding tert-OH is 1. The van der Waals surface area contributed by atoms with Crippen molar-refractivity contribution in [1.82, 2.24) is 15.1 Å². The van der Waals surface area contributed by atoms with Gasteiger partial charge in [-0.3, -0.25) is 19.2 Å². The van der Waals surface area contributed by atoms with Gasteiger partial charge in [0.05, 0.1) is 18.6 Å². The number of nitrogens with zero attached hydrogens (tertiary/aromatic N) is 2. The van der Waals surface area contributed by atoms with Crippen molar-refractivity contribution >= 4 is 39.6 Å². The summed E-state index contributed by atoms with van der Waals surface area (Å²) < 4.78 is 18.8. The molecule has 1 spiro atoms. The Kier molecular flexibility index (Phi) is 9.88. The zero-order chi connectivity index (χ0) is 32.5. The zero-order valence-corrected chi connectivity index (χ0v) is 27.7. The predicted octanol–water partition coefficient (Wildman–Crippen LogP) is 2.63. The van der Waals surface area contributed by atoms with E-state index >= 15 is 0 Å². The van der Waals surface area contributed by atoms with Gasteiger partial charge in [0, 0.05) is 43.2 Å². The molecular weight excluding hydrogens is 646 g/mol. The molecule has 1 aromatic rings. The fraction of sp³-hybridized carbons (Fsp3) is 0.576. The minimum Gasteiger partial charge on any atom is -0.455 e. The van der Waals surface area contributed by atoms with Crippen LogP contribution in [0.3, 0.4) is 0 Å². The third kappa shape index (κ3) is 6.22. The van der Waals surface area contributed by atoms with Crippen LogP contribution in [0.15, 0.2) is 53.0 Å². The summed E-state index contributed by atoms with van der Waals surface area (Å²) in [6.07, 6.45) is 4.57. The van der Waals surface area contributed by atoms with Crippen LogP contribution in [0.1, 0.15) is 51.7 Å². The third-order valence-electron chi connectivity index (χ3n) is 8.99. The number of carbonyl (C=O) groups excluding carboxylic acids is 4. The Morgan fingerprint density at radius 3 is 2.49 bits per heavy atom. The van der Waals surface area contributed by atoms with Crippen molar-refractivity contribution in [2.45, 2.75) is 75.5 Å². The Hall–Kier alpha value is -3.06. The molecule has 0 aliphatic carbocycles. The number of ether oxygens (including phenoxy) is 3. The van der Waals surface area contributed by atoms with Crippen LogP contribution in [0.2, 0.25) is 0 Å². The van der Waals surface area contributed by atoms with Gasteiger partial charge in [0.15, 0.2) is 0 Å². The van der Waals surface area contributed by atoms with Gasteiger partial charge in [0.25, 0.3) is 0 Å². The van der Waals surface area contributed by atoms with Crippen molar-refractivity contribution in [1.29, 1.82) is 0 Å². The molecule has 0 unspecified atom stereocenters. The Labute approximate surface area is 272 Å². The molecule has 3 amide bonds. The van der Waals surface area contributed by atoms with Crippen LogP contribution in [0.4, 0.5) is 0 Å². The molecule has 7 atom stereocenters. The number of aliphatic hydroxyl groups is 1. The average molecular weight is 689 g/mol. The van der Waals surface area contributed by atoms with Crippen LogP contribution in [-0.2, 0) is 33.4 Å². The summed E-state index contributed by atoms with van der Waals surface area (Å²) in [4.78, 5) is 59.4. The lowest BCUT2D eigenvalue weighted by molar-refractivity contribution is -0.162. The van der Waals surface area contributed by atoms with E-state index < -0.39 is 59.1 Å². The van der Waals surface area contributed by atoms with Gasteiger partial charge in [-0.25, -0.2) is 0 Å². The molecule has 45 heavy (non-hydrogen) atoms. The molecule has 4 heterocycles. The van der Waals surface area contributed by atoms with Crippen LogP contribution in [-0.4, -0.2) is 101 Å². The molecule has 2 saturated heterocycles. The van der Waals surface area contributed by atoms with E-state index in [0.717, 1.165) is 0 Å². The molecule has 0 aromatic heterocycles. The Morgan fingerprint density at radius 1 is 1.09 bits per heavy atom. The van der Waals surface area contributed by atoms with Gasteiger partial charge in [0.1, 0.15) is 29.8 Å². The van der Waals surface area contributed by atoms with Gasteiger partial charge in [0.2, 0.25) is 17.7 Å². The standard InChI is InChI=1S/C33H42BrN3O8/c1-32(2,3)37-16-10-6-9-14-23(39)35-22(19-43-4)26(20-12-7-5-8-13-20)44-31(42)24-25-29(40)36(15-11-17-38)28(30(37)41)33(25)18-21(34)27(24)45-33/h5-8,10,12-13,18,22,24-28,38H,9,11,14-17,19H2,1-4H3,(H,35,39)/b10-6-/t22-,24+,25-,26-,27+,28+,33-/m1/s1. The quantitative estimate of drug-likeness (QED) is 0.345. The minimum absolute atomic E-state index is 0.0704. The highest BCUT2D eigenvalue weighted by atomic mass is 79.9. The lowest BCUT2D eigenvalue weighted by atomic mass is 9.74. The lowest BCUT2D eigenvalue weighted by Gasteiger charge is -2.41. The first-order chi connectivity index (χ1) is 21.4. The van der Waals surface area contributed by atoms with E-state index in [4.69, 9.17) is 14.2 Å². The summed E-state index contributed by atoms with van der Waals surface area (Å²) in [7, 11) is 1.51. The molecule has 1 aromatic carbocycles. The number of halogens is 1. The molecule has 0 saturated carbocycles. The highest BCUT2D eigenvalue weighted by Crippen LogP contribution is 2.59. The number of hydrogen-bond donors (Lipinski definition) is 2. The van der Waals surface area contributed by atoms with E-state index in [1.807, 2.05) is 51.1 Å². The molecule has 244 valence electrons. The number of hydrogen-bond acceptors (Lipinski definition) is 8. The number of esters is 1. The number of likely N-dealkylation sites (tertiary alicyclic amines) is 1. The maximum atomic E-state index is 14.6. The molecule has 11 nitrogen and oxygen atoms in total. The van der Waals surface area contributed by atoms with Crippen molar-refractivity contribution in [3.8, 4) is 0 Å². The molecule has 5 bridgehead atoms. The molecule has 4 aliphatic rings. The maximum absolute atomic E-state index is 14.6. The topological polar surface area (TPSA) is 135 Å². The molecule has 2 fully saturated rings. The third-order valence-corrected chi connectivity index (χ3v) is 9.67. The molecule has 12 heteroatoms. The number of benzene rings is 1. The van der Waals surface area contributed by atoms with Gasteiger partial charge in [-0.1, -0.05) is 58.4 Å². The fourth-order valence-electron chi connectivity index (χ4n) is 6.99. The van der Waals surface area contributed by atoms with Crippen LogP contribution < -0.4 is 5.32 Å². The Bertz CT molecular complexity index is 1360. The monoisotopic (exact) mass is 687 g/mol. The molecule has 5 rings (SSSR count). The van der Waals surface area contributed by atoms with Gasteiger partial charge in [-0.15, -0.1) is 0 Å². The summed E-state index contributed by atoms with van der Waals surface area (Å²) in [5.74, 6) is -3.72. The fourth-order valence-corrected chi connectivity index (χ4v) is 7.73. The van der Waals surface area contributed by atoms with Crippen LogP contribution in [0.25, 0.3) is 0 Å². The highest BCUT2D eigenvalue weighted by molar-refractivity contribution is 9.11. The molecular formula is C33H42BrN3O8. The summed E-state index contributed by atoms with van der Waals surface area (Å²) in [6.45, 7) is 6.00. The summed E-state index contributed by atoms with van der Waals surface area (Å²) in [6, 6.07) is 7.30. The molecule has 4 aliphatic heterocycles. The highest BCUT2D eigenvalue weighted by Gasteiger charge is 2.75. The van der Waals surface area contributed by atoms with Crippen molar-refractivity contribution in [3.63, 3.8) is 0 Å². The first-order valence-corrected chi connectivity index (χ1v) is 16.2. The van der Waals surface area contributed by atoms with E-state index in [-0.39, 0.29) is 51.0 Å². The smallest absolute Gasteiger partial charge is 0.313 e. The van der Waals surface area contributed by atoms with Gasteiger partial charge in [-0.05, 0) is 45.3 Å². The number of cyclic esters (lactones) is 1. The minimum atomic E-state index is -1.42. The second-order valence-electron chi connectivity index (χ2n) is 13.0. The van der Waals surface area contributed by atoms with Gasteiger partial charge in [-0.2, -0.15) is 0 Å². The Balaban J connectivity index is 1.63. The van der Waals surface area contributed by atoms with E-state index in [0.29, 0.717) is 16.5 Å². The molecule has 0 radical (unpaired) electrons. The Morgan fingerprint density at radius 2 is 1.82 bits per heavy atom. The van der Waals surface area contributed by atoms with E-state index in [1.54, 1.807) is 23.1 Å². The second kappa shape index (κ2) is 13.4. The number of amides is 3. The SMILES string of the molecule is COC[C@H]1NC(=O)CC/C=C\CN(C(C)(C)C)C(=O)[C@@H]2N(CCCO)C(=O)[C@H]3[C@H](C(=O)O[C@@H]1c1ccccc1)[C@H]1O[C@@]23C=C1Br. The largest absolute Gasteiger partial charge is 0.455 e. The van der Waals surface area contributed by atoms with Crippen LogP contribution in [0, 0.1) is 11.8 Å². The second-order valence-corrected chi connectivity index (χ2v) is 13.9. The van der Waals surface area contributed by atoms with Crippen molar-refractivity contribution in [3.05, 3.63) is 58.6 Å². The number of methoxy groups -OCH3 is 1. The van der Waals surface area contributed by atoms with Crippen molar-refractivity contribution in [2.75, 3.05) is 33.4 Å². The summed E-state index contributed by atoms with van der Waals surface area (Å²) >= 11 is 3.57. The first kappa shape index (κ1) is 33.3. The summed E-state index contributed by atoms with van der Waals surface area (Å²) in [5, 5.41) is 12.7. The van der Waals surface area contributed by atoms with Gasteiger partial charge >= 0.3 is 5.97 Å². The van der Waals surface area contributed by atoms with E-state index in [9.17, 15) is 24.3 Å². The number of nitrogens with one attached hydrogen (secondary N) is 1. The van der Waals surface area contributed by atoms with Gasteiger partial charge < -0.3 is 34.4 Å². The normalized spacial score (nSPS) is 33.2. The number of rotatable bonds is 6. The van der Waals surface area contributed by atoms with Crippen LogP contribution in [0.5, 0.6) is 0 Å².